The molecule has 2 aromatic rings. The van der Waals surface area contributed by atoms with E-state index < -0.39 is 0 Å². The zero-order chi connectivity index (χ0) is 17.6. The predicted octanol–water partition coefficient (Wildman–Crippen LogP) is 3.85. The monoisotopic (exact) mass is 338 g/mol. The topological polar surface area (TPSA) is 41.6 Å². The number of aryl methyl sites for hydroxylation is 1. The van der Waals surface area contributed by atoms with Crippen molar-refractivity contribution in [1.82, 2.24) is 4.90 Å². The van der Waals surface area contributed by atoms with Gasteiger partial charge in [-0.25, -0.2) is 0 Å². The van der Waals surface area contributed by atoms with Gasteiger partial charge in [0.2, 0.25) is 5.91 Å². The van der Waals surface area contributed by atoms with Crippen molar-refractivity contribution in [3.63, 3.8) is 0 Å². The summed E-state index contributed by atoms with van der Waals surface area (Å²) in [5.74, 6) is 0.944. The van der Waals surface area contributed by atoms with Crippen molar-refractivity contribution in [2.24, 2.45) is 5.92 Å². The SMILES string of the molecule is COc1ccc(NC(=O)C2CCCN(Cc3ccccc3C)C2)cc1. The van der Waals surface area contributed by atoms with E-state index in [1.165, 1.54) is 11.1 Å². The number of ether oxygens (including phenoxy) is 1. The number of piperidine rings is 1. The molecule has 3 rings (SSSR count). The standard InChI is InChI=1S/C21H26N2O2/c1-16-6-3-4-7-17(16)14-23-13-5-8-18(15-23)21(24)22-19-9-11-20(25-2)12-10-19/h3-4,6-7,9-12,18H,5,8,13-15H2,1-2H3,(H,22,24). The summed E-state index contributed by atoms with van der Waals surface area (Å²) in [4.78, 5) is 15.0. The third-order valence-electron chi connectivity index (χ3n) is 4.89. The van der Waals surface area contributed by atoms with Crippen LogP contribution in [0.25, 0.3) is 0 Å². The lowest BCUT2D eigenvalue weighted by molar-refractivity contribution is -0.121. The number of hydrogen-bond acceptors (Lipinski definition) is 3. The van der Waals surface area contributed by atoms with E-state index in [4.69, 9.17) is 4.74 Å². The van der Waals surface area contributed by atoms with Crippen LogP contribution >= 0.6 is 0 Å². The van der Waals surface area contributed by atoms with Crippen LogP contribution in [0, 0.1) is 12.8 Å². The first-order valence-corrected chi connectivity index (χ1v) is 8.87. The largest absolute Gasteiger partial charge is 0.497 e. The number of nitrogens with zero attached hydrogens (tertiary/aromatic N) is 1. The molecule has 0 aromatic heterocycles. The lowest BCUT2D eigenvalue weighted by Gasteiger charge is -2.32. The first-order chi connectivity index (χ1) is 12.2. The number of methoxy groups -OCH3 is 1. The van der Waals surface area contributed by atoms with Gasteiger partial charge in [-0.2, -0.15) is 0 Å². The molecule has 4 nitrogen and oxygen atoms in total. The molecule has 1 heterocycles. The number of anilines is 1. The average molecular weight is 338 g/mol. The van der Waals surface area contributed by atoms with Gasteiger partial charge < -0.3 is 10.1 Å². The molecule has 1 unspecified atom stereocenters. The van der Waals surface area contributed by atoms with Crippen LogP contribution in [0.2, 0.25) is 0 Å². The van der Waals surface area contributed by atoms with Gasteiger partial charge >= 0.3 is 0 Å². The van der Waals surface area contributed by atoms with Crippen molar-refractivity contribution >= 4 is 11.6 Å². The van der Waals surface area contributed by atoms with Crippen molar-refractivity contribution in [3.05, 3.63) is 59.7 Å². The molecule has 0 radical (unpaired) electrons. The molecule has 4 heteroatoms. The van der Waals surface area contributed by atoms with E-state index >= 15 is 0 Å². The summed E-state index contributed by atoms with van der Waals surface area (Å²) >= 11 is 0. The van der Waals surface area contributed by atoms with Crippen molar-refractivity contribution in [2.75, 3.05) is 25.5 Å². The fourth-order valence-electron chi connectivity index (χ4n) is 3.36. The van der Waals surface area contributed by atoms with Gasteiger partial charge in [-0.15, -0.1) is 0 Å². The minimum atomic E-state index is 0.0415. The maximum absolute atomic E-state index is 12.6. The number of nitrogens with one attached hydrogen (secondary N) is 1. The van der Waals surface area contributed by atoms with Crippen molar-refractivity contribution in [1.29, 1.82) is 0 Å². The Labute approximate surface area is 149 Å². The second-order valence-corrected chi connectivity index (χ2v) is 6.72. The van der Waals surface area contributed by atoms with Crippen LogP contribution in [0.4, 0.5) is 5.69 Å². The van der Waals surface area contributed by atoms with Gasteiger partial charge in [-0.05, 0) is 61.7 Å². The maximum Gasteiger partial charge on any atom is 0.228 e. The zero-order valence-corrected chi connectivity index (χ0v) is 15.0. The van der Waals surface area contributed by atoms with E-state index in [-0.39, 0.29) is 11.8 Å². The van der Waals surface area contributed by atoms with Gasteiger partial charge in [0.15, 0.2) is 0 Å². The molecule has 0 spiro atoms. The lowest BCUT2D eigenvalue weighted by atomic mass is 9.96. The molecule has 0 bridgehead atoms. The van der Waals surface area contributed by atoms with Crippen LogP contribution in [0.15, 0.2) is 48.5 Å². The Morgan fingerprint density at radius 3 is 2.68 bits per heavy atom. The molecule has 132 valence electrons. The summed E-state index contributed by atoms with van der Waals surface area (Å²) < 4.78 is 5.15. The highest BCUT2D eigenvalue weighted by atomic mass is 16.5. The number of rotatable bonds is 5. The summed E-state index contributed by atoms with van der Waals surface area (Å²) in [7, 11) is 1.64. The second-order valence-electron chi connectivity index (χ2n) is 6.72. The Morgan fingerprint density at radius 1 is 1.20 bits per heavy atom. The normalized spacial score (nSPS) is 17.9. The van der Waals surface area contributed by atoms with Crippen LogP contribution in [0.5, 0.6) is 5.75 Å². The number of likely N-dealkylation sites (tertiary alicyclic amines) is 1. The van der Waals surface area contributed by atoms with Crippen LogP contribution < -0.4 is 10.1 Å². The fourth-order valence-corrected chi connectivity index (χ4v) is 3.36. The number of carbonyl (C=O) groups excluding carboxylic acids is 1. The molecule has 1 fully saturated rings. The number of hydrogen-bond donors (Lipinski definition) is 1. The number of carbonyl (C=O) groups is 1. The van der Waals surface area contributed by atoms with E-state index in [2.05, 4.69) is 41.4 Å². The first-order valence-electron chi connectivity index (χ1n) is 8.87. The van der Waals surface area contributed by atoms with Gasteiger partial charge in [0.25, 0.3) is 0 Å². The van der Waals surface area contributed by atoms with Crippen LogP contribution in [-0.4, -0.2) is 31.0 Å². The molecule has 1 N–H and O–H groups in total. The minimum absolute atomic E-state index is 0.0415. The van der Waals surface area contributed by atoms with Gasteiger partial charge in [0, 0.05) is 18.8 Å². The van der Waals surface area contributed by atoms with Crippen molar-refractivity contribution in [2.45, 2.75) is 26.3 Å². The molecule has 0 saturated carbocycles. The highest BCUT2D eigenvalue weighted by molar-refractivity contribution is 5.92. The summed E-state index contributed by atoms with van der Waals surface area (Å²) in [5.41, 5.74) is 3.48. The maximum atomic E-state index is 12.6. The van der Waals surface area contributed by atoms with Crippen LogP contribution in [-0.2, 0) is 11.3 Å². The van der Waals surface area contributed by atoms with Crippen molar-refractivity contribution in [3.8, 4) is 5.75 Å². The highest BCUT2D eigenvalue weighted by Gasteiger charge is 2.26. The summed E-state index contributed by atoms with van der Waals surface area (Å²) in [6.45, 7) is 4.93. The zero-order valence-electron chi connectivity index (χ0n) is 15.0. The Balaban J connectivity index is 1.58. The van der Waals surface area contributed by atoms with E-state index in [1.807, 2.05) is 24.3 Å². The Kier molecular flexibility index (Phi) is 5.71. The molecule has 0 aliphatic carbocycles. The average Bonchev–Trinajstić information content (AvgIpc) is 2.64. The van der Waals surface area contributed by atoms with E-state index in [9.17, 15) is 4.79 Å². The lowest BCUT2D eigenvalue weighted by Crippen LogP contribution is -2.40. The Morgan fingerprint density at radius 2 is 1.96 bits per heavy atom. The quantitative estimate of drug-likeness (QED) is 0.900. The smallest absolute Gasteiger partial charge is 0.228 e. The molecule has 1 aliphatic rings. The van der Waals surface area contributed by atoms with E-state index in [0.717, 1.165) is 43.9 Å². The van der Waals surface area contributed by atoms with Gasteiger partial charge in [-0.1, -0.05) is 24.3 Å². The molecule has 1 aliphatic heterocycles. The molecule has 1 atom stereocenters. The molecule has 25 heavy (non-hydrogen) atoms. The molecular weight excluding hydrogens is 312 g/mol. The predicted molar refractivity (Wildman–Crippen MR) is 101 cm³/mol. The van der Waals surface area contributed by atoms with Gasteiger partial charge in [0.1, 0.15) is 5.75 Å². The minimum Gasteiger partial charge on any atom is -0.497 e. The van der Waals surface area contributed by atoms with E-state index in [1.54, 1.807) is 7.11 Å². The third-order valence-corrected chi connectivity index (χ3v) is 4.89. The van der Waals surface area contributed by atoms with Crippen LogP contribution in [0.3, 0.4) is 0 Å². The number of amides is 1. The Bertz CT molecular complexity index is 712. The summed E-state index contributed by atoms with van der Waals surface area (Å²) in [6, 6.07) is 16.0. The summed E-state index contributed by atoms with van der Waals surface area (Å²) in [6.07, 6.45) is 2.01. The first kappa shape index (κ1) is 17.5. The molecule has 2 aromatic carbocycles. The molecule has 1 amide bonds. The van der Waals surface area contributed by atoms with Crippen LogP contribution in [0.1, 0.15) is 24.0 Å². The second kappa shape index (κ2) is 8.17. The Hall–Kier alpha value is -2.33. The number of benzene rings is 2. The van der Waals surface area contributed by atoms with Gasteiger partial charge in [0.05, 0.1) is 13.0 Å². The fraction of sp³-hybridized carbons (Fsp3) is 0.381. The van der Waals surface area contributed by atoms with E-state index in [0.29, 0.717) is 0 Å². The molecular formula is C21H26N2O2. The highest BCUT2D eigenvalue weighted by Crippen LogP contribution is 2.22. The molecule has 1 saturated heterocycles. The summed E-state index contributed by atoms with van der Waals surface area (Å²) in [5, 5.41) is 3.04. The van der Waals surface area contributed by atoms with Crippen molar-refractivity contribution < 1.29 is 9.53 Å². The van der Waals surface area contributed by atoms with Gasteiger partial charge in [-0.3, -0.25) is 9.69 Å². The third kappa shape index (κ3) is 4.60.